The fraction of sp³-hybridized carbons (Fsp3) is 0.211. The van der Waals surface area contributed by atoms with Gasteiger partial charge in [-0.1, -0.05) is 116 Å². The molecule has 1 fully saturated rings. The first-order chi connectivity index (χ1) is 19.7. The summed E-state index contributed by atoms with van der Waals surface area (Å²) in [6, 6.07) is 44.9. The SMILES string of the molecule is CS(c1cccc2ccccc12)(c1cccc2ccccc12)c1ccc(OCC2CCCCC2)c2ccccc12. The zero-order chi connectivity index (χ0) is 26.9. The maximum Gasteiger partial charge on any atom is 0.127 e. The van der Waals surface area contributed by atoms with Crippen LogP contribution >= 0.6 is 10.0 Å². The summed E-state index contributed by atoms with van der Waals surface area (Å²) >= 11 is 0. The van der Waals surface area contributed by atoms with Crippen molar-refractivity contribution >= 4 is 42.3 Å². The normalized spacial score (nSPS) is 15.0. The third kappa shape index (κ3) is 4.35. The van der Waals surface area contributed by atoms with Gasteiger partial charge in [0.25, 0.3) is 0 Å². The molecule has 2 heteroatoms. The largest absolute Gasteiger partial charge is 0.493 e. The minimum Gasteiger partial charge on any atom is -0.493 e. The molecule has 0 heterocycles. The Morgan fingerprint density at radius 1 is 0.525 bits per heavy atom. The van der Waals surface area contributed by atoms with Crippen LogP contribution in [-0.2, 0) is 0 Å². The Balaban J connectivity index is 1.47. The van der Waals surface area contributed by atoms with E-state index in [9.17, 15) is 0 Å². The fourth-order valence-electron chi connectivity index (χ4n) is 6.75. The Morgan fingerprint density at radius 2 is 1.02 bits per heavy atom. The van der Waals surface area contributed by atoms with Gasteiger partial charge in [-0.25, -0.2) is 0 Å². The molecule has 0 amide bonds. The van der Waals surface area contributed by atoms with E-state index >= 15 is 0 Å². The zero-order valence-corrected chi connectivity index (χ0v) is 24.0. The first-order valence-corrected chi connectivity index (χ1v) is 16.7. The van der Waals surface area contributed by atoms with Gasteiger partial charge in [-0.15, -0.1) is 0 Å². The molecule has 0 bridgehead atoms. The van der Waals surface area contributed by atoms with Gasteiger partial charge >= 0.3 is 0 Å². The number of benzene rings is 6. The molecule has 40 heavy (non-hydrogen) atoms. The van der Waals surface area contributed by atoms with Gasteiger partial charge in [0.2, 0.25) is 0 Å². The van der Waals surface area contributed by atoms with Crippen molar-refractivity contribution in [1.29, 1.82) is 0 Å². The molecule has 0 spiro atoms. The van der Waals surface area contributed by atoms with Crippen molar-refractivity contribution in [1.82, 2.24) is 0 Å². The van der Waals surface area contributed by atoms with E-state index in [1.165, 1.54) is 79.1 Å². The highest BCUT2D eigenvalue weighted by Crippen LogP contribution is 2.69. The van der Waals surface area contributed by atoms with Crippen LogP contribution in [0.1, 0.15) is 32.1 Å². The maximum absolute atomic E-state index is 6.59. The first kappa shape index (κ1) is 25.2. The van der Waals surface area contributed by atoms with Crippen molar-refractivity contribution in [3.8, 4) is 5.75 Å². The molecule has 6 aromatic rings. The smallest absolute Gasteiger partial charge is 0.127 e. The summed E-state index contributed by atoms with van der Waals surface area (Å²) in [5, 5.41) is 7.75. The van der Waals surface area contributed by atoms with Crippen LogP contribution < -0.4 is 4.74 Å². The van der Waals surface area contributed by atoms with E-state index in [0.29, 0.717) is 5.92 Å². The second-order valence-electron chi connectivity index (χ2n) is 11.3. The van der Waals surface area contributed by atoms with Crippen molar-refractivity contribution in [2.45, 2.75) is 46.8 Å². The predicted molar refractivity (Wildman–Crippen MR) is 172 cm³/mol. The molecule has 0 aromatic heterocycles. The molecule has 7 rings (SSSR count). The summed E-state index contributed by atoms with van der Waals surface area (Å²) < 4.78 is 6.59. The molecule has 1 saturated carbocycles. The zero-order valence-electron chi connectivity index (χ0n) is 23.2. The van der Waals surface area contributed by atoms with Crippen LogP contribution in [0.15, 0.2) is 136 Å². The molecule has 1 aliphatic carbocycles. The van der Waals surface area contributed by atoms with Crippen molar-refractivity contribution < 1.29 is 4.74 Å². The number of fused-ring (bicyclic) bond motifs is 3. The van der Waals surface area contributed by atoms with E-state index in [-0.39, 0.29) is 0 Å². The van der Waals surface area contributed by atoms with E-state index < -0.39 is 10.0 Å². The third-order valence-electron chi connectivity index (χ3n) is 8.86. The van der Waals surface area contributed by atoms with Crippen molar-refractivity contribution in [3.05, 3.63) is 121 Å². The Morgan fingerprint density at radius 3 is 1.65 bits per heavy atom. The Hall–Kier alpha value is -3.75. The molecule has 1 nitrogen and oxygen atoms in total. The van der Waals surface area contributed by atoms with Gasteiger partial charge in [-0.3, -0.25) is 0 Å². The highest BCUT2D eigenvalue weighted by Gasteiger charge is 2.31. The molecular weight excluding hydrogens is 504 g/mol. The average molecular weight is 541 g/mol. The Bertz CT molecular complexity index is 1720. The number of rotatable bonds is 6. The standard InChI is InChI=1S/C38H36OS/c1-40(36-23-11-17-29-15-5-7-19-31(29)36,37-24-12-18-30-16-6-8-20-32(30)37)38-26-25-35(33-21-9-10-22-34(33)38)39-27-28-13-3-2-4-14-28/h5-12,15-26,28H,2-4,13-14,27H2,1H3. The van der Waals surface area contributed by atoms with Crippen LogP contribution in [0.3, 0.4) is 0 Å². The number of hydrogen-bond acceptors (Lipinski definition) is 1. The lowest BCUT2D eigenvalue weighted by molar-refractivity contribution is 0.210. The van der Waals surface area contributed by atoms with Gasteiger partial charge in [0.05, 0.1) is 6.61 Å². The molecule has 200 valence electrons. The minimum atomic E-state index is -1.66. The van der Waals surface area contributed by atoms with E-state index in [2.05, 4.69) is 128 Å². The summed E-state index contributed by atoms with van der Waals surface area (Å²) in [6.45, 7) is 0.820. The van der Waals surface area contributed by atoms with Gasteiger partial charge in [-0.2, -0.15) is 10.0 Å². The van der Waals surface area contributed by atoms with Crippen LogP contribution in [0, 0.1) is 5.92 Å². The van der Waals surface area contributed by atoms with Crippen LogP contribution in [0.4, 0.5) is 0 Å². The van der Waals surface area contributed by atoms with E-state index in [4.69, 9.17) is 4.74 Å². The summed E-state index contributed by atoms with van der Waals surface area (Å²) in [5.41, 5.74) is 0. The fourth-order valence-corrected chi connectivity index (χ4v) is 10.4. The van der Waals surface area contributed by atoms with Gasteiger partial charge in [-0.05, 0) is 76.2 Å². The Labute approximate surface area is 239 Å². The van der Waals surface area contributed by atoms with Crippen molar-refractivity contribution in [2.24, 2.45) is 5.92 Å². The van der Waals surface area contributed by atoms with Crippen LogP contribution in [0.2, 0.25) is 0 Å². The molecule has 1 aliphatic rings. The summed E-state index contributed by atoms with van der Waals surface area (Å²) in [6.07, 6.45) is 9.14. The minimum absolute atomic E-state index is 0.675. The molecule has 0 saturated heterocycles. The molecule has 0 N–H and O–H groups in total. The van der Waals surface area contributed by atoms with E-state index in [0.717, 1.165) is 12.4 Å². The average Bonchev–Trinajstić information content (AvgIpc) is 3.03. The van der Waals surface area contributed by atoms with E-state index in [1.54, 1.807) is 0 Å². The molecule has 0 radical (unpaired) electrons. The molecule has 6 aromatic carbocycles. The molecule has 0 atom stereocenters. The lowest BCUT2D eigenvalue weighted by Crippen LogP contribution is -2.15. The summed E-state index contributed by atoms with van der Waals surface area (Å²) in [5.74, 6) is 1.69. The number of hydrogen-bond donors (Lipinski definition) is 0. The van der Waals surface area contributed by atoms with Gasteiger partial charge in [0.15, 0.2) is 0 Å². The van der Waals surface area contributed by atoms with Gasteiger partial charge in [0, 0.05) is 20.1 Å². The maximum atomic E-state index is 6.59. The second kappa shape index (κ2) is 10.7. The highest BCUT2D eigenvalue weighted by molar-refractivity contribution is 8.33. The van der Waals surface area contributed by atoms with E-state index in [1.807, 2.05) is 0 Å². The second-order valence-corrected chi connectivity index (χ2v) is 14.5. The topological polar surface area (TPSA) is 9.23 Å². The van der Waals surface area contributed by atoms with Crippen LogP contribution in [-0.4, -0.2) is 12.9 Å². The quantitative estimate of drug-likeness (QED) is 0.204. The lowest BCUT2D eigenvalue weighted by atomic mass is 9.90. The Kier molecular flexibility index (Phi) is 6.73. The summed E-state index contributed by atoms with van der Waals surface area (Å²) in [4.78, 5) is 4.20. The van der Waals surface area contributed by atoms with Crippen LogP contribution in [0.5, 0.6) is 5.75 Å². The van der Waals surface area contributed by atoms with Crippen molar-refractivity contribution in [3.63, 3.8) is 0 Å². The molecule has 0 unspecified atom stereocenters. The van der Waals surface area contributed by atoms with Gasteiger partial charge in [0.1, 0.15) is 5.75 Å². The third-order valence-corrected chi connectivity index (χ3v) is 12.6. The lowest BCUT2D eigenvalue weighted by Gasteiger charge is -2.40. The summed E-state index contributed by atoms with van der Waals surface area (Å²) in [7, 11) is -1.66. The molecule has 0 aliphatic heterocycles. The van der Waals surface area contributed by atoms with Crippen LogP contribution in [0.25, 0.3) is 32.3 Å². The first-order valence-electron chi connectivity index (χ1n) is 14.6. The molecular formula is C38H36OS. The van der Waals surface area contributed by atoms with Crippen molar-refractivity contribution in [2.75, 3.05) is 12.9 Å². The monoisotopic (exact) mass is 540 g/mol. The highest BCUT2D eigenvalue weighted by atomic mass is 32.3. The van der Waals surface area contributed by atoms with Gasteiger partial charge < -0.3 is 4.74 Å². The number of ether oxygens (including phenoxy) is 1. The predicted octanol–water partition coefficient (Wildman–Crippen LogP) is 11.0.